The Hall–Kier alpha value is -2.57. The maximum absolute atomic E-state index is 11.0. The van der Waals surface area contributed by atoms with E-state index < -0.39 is 0 Å². The van der Waals surface area contributed by atoms with E-state index in [1.54, 1.807) is 24.8 Å². The van der Waals surface area contributed by atoms with E-state index in [1.165, 1.54) is 6.07 Å². The fourth-order valence-corrected chi connectivity index (χ4v) is 2.34. The molecule has 1 aromatic heterocycles. The quantitative estimate of drug-likeness (QED) is 0.676. The van der Waals surface area contributed by atoms with Gasteiger partial charge in [0.2, 0.25) is 5.88 Å². The average molecular weight is 290 g/mol. The summed E-state index contributed by atoms with van der Waals surface area (Å²) in [5.74, 6) is 0.683. The van der Waals surface area contributed by atoms with Gasteiger partial charge in [0.15, 0.2) is 0 Å². The SMILES string of the molecule is COc1c(CNc2cccc([N+](=O)[O-])c2C)c(C)nn1C. The number of hydrogen-bond donors (Lipinski definition) is 1. The number of methoxy groups -OCH3 is 1. The van der Waals surface area contributed by atoms with Crippen molar-refractivity contribution in [2.45, 2.75) is 20.4 Å². The van der Waals surface area contributed by atoms with Crippen molar-refractivity contribution in [1.29, 1.82) is 0 Å². The monoisotopic (exact) mass is 290 g/mol. The zero-order valence-corrected chi connectivity index (χ0v) is 12.5. The molecule has 0 aliphatic carbocycles. The number of rotatable bonds is 5. The number of aryl methyl sites for hydroxylation is 2. The van der Waals surface area contributed by atoms with Crippen LogP contribution >= 0.6 is 0 Å². The zero-order valence-electron chi connectivity index (χ0n) is 12.5. The highest BCUT2D eigenvalue weighted by molar-refractivity contribution is 5.60. The number of ether oxygens (including phenoxy) is 1. The maximum atomic E-state index is 11.0. The molecule has 7 heteroatoms. The van der Waals surface area contributed by atoms with Crippen LogP contribution in [0.1, 0.15) is 16.8 Å². The molecule has 1 aromatic carbocycles. The van der Waals surface area contributed by atoms with E-state index >= 15 is 0 Å². The molecule has 0 amide bonds. The predicted octanol–water partition coefficient (Wildman–Crippen LogP) is 2.57. The summed E-state index contributed by atoms with van der Waals surface area (Å²) >= 11 is 0. The number of nitro groups is 1. The van der Waals surface area contributed by atoms with Crippen molar-refractivity contribution < 1.29 is 9.66 Å². The van der Waals surface area contributed by atoms with Crippen LogP contribution in [0.4, 0.5) is 11.4 Å². The lowest BCUT2D eigenvalue weighted by Crippen LogP contribution is -2.05. The van der Waals surface area contributed by atoms with E-state index in [-0.39, 0.29) is 10.6 Å². The third-order valence-corrected chi connectivity index (χ3v) is 3.44. The van der Waals surface area contributed by atoms with Gasteiger partial charge < -0.3 is 10.1 Å². The number of aromatic nitrogens is 2. The largest absolute Gasteiger partial charge is 0.481 e. The minimum absolute atomic E-state index is 0.106. The zero-order chi connectivity index (χ0) is 15.6. The van der Waals surface area contributed by atoms with Crippen molar-refractivity contribution in [3.05, 3.63) is 45.1 Å². The molecule has 0 saturated heterocycles. The highest BCUT2D eigenvalue weighted by atomic mass is 16.6. The van der Waals surface area contributed by atoms with Gasteiger partial charge in [-0.05, 0) is 19.9 Å². The fourth-order valence-electron chi connectivity index (χ4n) is 2.34. The molecule has 0 fully saturated rings. The molecule has 0 spiro atoms. The summed E-state index contributed by atoms with van der Waals surface area (Å²) in [6.07, 6.45) is 0. The van der Waals surface area contributed by atoms with Gasteiger partial charge in [-0.1, -0.05) is 6.07 Å². The first-order valence-electron chi connectivity index (χ1n) is 6.50. The lowest BCUT2D eigenvalue weighted by Gasteiger charge is -2.10. The van der Waals surface area contributed by atoms with Crippen molar-refractivity contribution in [2.24, 2.45) is 7.05 Å². The summed E-state index contributed by atoms with van der Waals surface area (Å²) in [7, 11) is 3.41. The molecule has 0 radical (unpaired) electrons. The molecule has 0 unspecified atom stereocenters. The van der Waals surface area contributed by atoms with E-state index in [9.17, 15) is 10.1 Å². The second-order valence-corrected chi connectivity index (χ2v) is 4.76. The van der Waals surface area contributed by atoms with Crippen LogP contribution in [0.5, 0.6) is 5.88 Å². The summed E-state index contributed by atoms with van der Waals surface area (Å²) in [6, 6.07) is 4.98. The number of anilines is 1. The Morgan fingerprint density at radius 1 is 1.43 bits per heavy atom. The van der Waals surface area contributed by atoms with E-state index in [0.717, 1.165) is 16.9 Å². The normalized spacial score (nSPS) is 10.5. The number of hydrogen-bond acceptors (Lipinski definition) is 5. The molecule has 21 heavy (non-hydrogen) atoms. The molecule has 1 heterocycles. The molecule has 0 saturated carbocycles. The van der Waals surface area contributed by atoms with Gasteiger partial charge in [0.05, 0.1) is 23.3 Å². The summed E-state index contributed by atoms with van der Waals surface area (Å²) < 4.78 is 7.00. The topological polar surface area (TPSA) is 82.2 Å². The molecule has 0 atom stereocenters. The van der Waals surface area contributed by atoms with E-state index in [2.05, 4.69) is 10.4 Å². The highest BCUT2D eigenvalue weighted by Crippen LogP contribution is 2.27. The minimum Gasteiger partial charge on any atom is -0.481 e. The Labute approximate surface area is 122 Å². The summed E-state index contributed by atoms with van der Waals surface area (Å²) in [5, 5.41) is 18.5. The molecule has 0 bridgehead atoms. The van der Waals surface area contributed by atoms with Crippen LogP contribution in [0.2, 0.25) is 0 Å². The Morgan fingerprint density at radius 3 is 2.76 bits per heavy atom. The van der Waals surface area contributed by atoms with Crippen molar-refractivity contribution in [2.75, 3.05) is 12.4 Å². The van der Waals surface area contributed by atoms with Crippen molar-refractivity contribution >= 4 is 11.4 Å². The van der Waals surface area contributed by atoms with Gasteiger partial charge in [0.25, 0.3) is 5.69 Å². The van der Waals surface area contributed by atoms with Gasteiger partial charge in [0.1, 0.15) is 0 Å². The standard InChI is InChI=1S/C14H18N4O3/c1-9-12(6-5-7-13(9)18(19)20)15-8-11-10(2)16-17(3)14(11)21-4/h5-7,15H,8H2,1-4H3. The number of nitrogens with zero attached hydrogens (tertiary/aromatic N) is 3. The van der Waals surface area contributed by atoms with Crippen LogP contribution in [-0.4, -0.2) is 21.8 Å². The first-order chi connectivity index (χ1) is 9.95. The summed E-state index contributed by atoms with van der Waals surface area (Å²) in [6.45, 7) is 4.12. The van der Waals surface area contributed by atoms with E-state index in [1.807, 2.05) is 20.0 Å². The van der Waals surface area contributed by atoms with Crippen molar-refractivity contribution in [3.8, 4) is 5.88 Å². The van der Waals surface area contributed by atoms with E-state index in [4.69, 9.17) is 4.74 Å². The molecule has 1 N–H and O–H groups in total. The number of nitrogens with one attached hydrogen (secondary N) is 1. The molecule has 0 aliphatic rings. The minimum atomic E-state index is -0.379. The Bertz CT molecular complexity index is 679. The van der Waals surface area contributed by atoms with Crippen molar-refractivity contribution in [3.63, 3.8) is 0 Å². The lowest BCUT2D eigenvalue weighted by atomic mass is 10.1. The summed E-state index contributed by atoms with van der Waals surface area (Å²) in [4.78, 5) is 10.6. The molecule has 0 aliphatic heterocycles. The first kappa shape index (κ1) is 14.8. The maximum Gasteiger partial charge on any atom is 0.274 e. The van der Waals surface area contributed by atoms with Crippen LogP contribution in [-0.2, 0) is 13.6 Å². The second kappa shape index (κ2) is 5.82. The molecular weight excluding hydrogens is 272 g/mol. The lowest BCUT2D eigenvalue weighted by molar-refractivity contribution is -0.385. The van der Waals surface area contributed by atoms with Crippen LogP contribution < -0.4 is 10.1 Å². The van der Waals surface area contributed by atoms with Gasteiger partial charge in [-0.3, -0.25) is 10.1 Å². The fraction of sp³-hybridized carbons (Fsp3) is 0.357. The third kappa shape index (κ3) is 2.81. The van der Waals surface area contributed by atoms with Crippen LogP contribution in [0.25, 0.3) is 0 Å². The molecule has 2 rings (SSSR count). The number of benzene rings is 1. The number of nitro benzene ring substituents is 1. The Kier molecular flexibility index (Phi) is 4.11. The van der Waals surface area contributed by atoms with Crippen molar-refractivity contribution in [1.82, 2.24) is 9.78 Å². The van der Waals surface area contributed by atoms with Gasteiger partial charge in [-0.2, -0.15) is 5.10 Å². The molecule has 2 aromatic rings. The van der Waals surface area contributed by atoms with Crippen LogP contribution in [0.15, 0.2) is 18.2 Å². The third-order valence-electron chi connectivity index (χ3n) is 3.44. The van der Waals surface area contributed by atoms with Gasteiger partial charge in [0, 0.05) is 30.9 Å². The van der Waals surface area contributed by atoms with Gasteiger partial charge in [-0.25, -0.2) is 4.68 Å². The highest BCUT2D eigenvalue weighted by Gasteiger charge is 2.16. The molecule has 7 nitrogen and oxygen atoms in total. The van der Waals surface area contributed by atoms with Crippen LogP contribution in [0.3, 0.4) is 0 Å². The van der Waals surface area contributed by atoms with Gasteiger partial charge >= 0.3 is 0 Å². The first-order valence-corrected chi connectivity index (χ1v) is 6.50. The second-order valence-electron chi connectivity index (χ2n) is 4.76. The Morgan fingerprint density at radius 2 is 2.14 bits per heavy atom. The predicted molar refractivity (Wildman–Crippen MR) is 79.7 cm³/mol. The van der Waals surface area contributed by atoms with Gasteiger partial charge in [-0.15, -0.1) is 0 Å². The van der Waals surface area contributed by atoms with E-state index in [0.29, 0.717) is 18.0 Å². The van der Waals surface area contributed by atoms with Crippen LogP contribution in [0, 0.1) is 24.0 Å². The molecule has 112 valence electrons. The smallest absolute Gasteiger partial charge is 0.274 e. The Balaban J connectivity index is 2.25. The molecular formula is C14H18N4O3. The average Bonchev–Trinajstić information content (AvgIpc) is 2.70. The summed E-state index contributed by atoms with van der Waals surface area (Å²) in [5.41, 5.74) is 3.25.